The summed E-state index contributed by atoms with van der Waals surface area (Å²) in [6.07, 6.45) is 6.09. The van der Waals surface area contributed by atoms with Crippen LogP contribution in [0.3, 0.4) is 0 Å². The van der Waals surface area contributed by atoms with E-state index in [2.05, 4.69) is 0 Å². The van der Waals surface area contributed by atoms with E-state index >= 15 is 0 Å². The number of hydrogen-bond donors (Lipinski definition) is 0. The highest BCUT2D eigenvalue weighted by molar-refractivity contribution is 6.22. The molecule has 3 amide bonds. The van der Waals surface area contributed by atoms with E-state index in [1.165, 1.54) is 25.7 Å². The van der Waals surface area contributed by atoms with Crippen molar-refractivity contribution in [1.29, 1.82) is 0 Å². The smallest absolute Gasteiger partial charge is 0.262 e. The highest BCUT2D eigenvalue weighted by Gasteiger charge is 2.38. The van der Waals surface area contributed by atoms with Crippen molar-refractivity contribution < 1.29 is 14.4 Å². The fourth-order valence-corrected chi connectivity index (χ4v) is 4.45. The predicted molar refractivity (Wildman–Crippen MR) is 88.5 cm³/mol. The number of benzene rings is 1. The molecule has 2 aliphatic heterocycles. The summed E-state index contributed by atoms with van der Waals surface area (Å²) in [4.78, 5) is 40.4. The van der Waals surface area contributed by atoms with Gasteiger partial charge >= 0.3 is 0 Å². The molecule has 3 aliphatic rings. The first-order chi connectivity index (χ1) is 11.6. The van der Waals surface area contributed by atoms with Gasteiger partial charge in [-0.25, -0.2) is 0 Å². The molecule has 126 valence electrons. The lowest BCUT2D eigenvalue weighted by Gasteiger charge is -2.41. The van der Waals surface area contributed by atoms with E-state index in [0.717, 1.165) is 30.3 Å². The Bertz CT molecular complexity index is 665. The Labute approximate surface area is 141 Å². The molecule has 4 rings (SSSR count). The van der Waals surface area contributed by atoms with Gasteiger partial charge in [-0.2, -0.15) is 0 Å². The van der Waals surface area contributed by atoms with Gasteiger partial charge in [-0.05, 0) is 36.8 Å². The summed E-state index contributed by atoms with van der Waals surface area (Å²) in [6.45, 7) is 1.40. The highest BCUT2D eigenvalue weighted by Crippen LogP contribution is 2.36. The lowest BCUT2D eigenvalue weighted by atomic mass is 9.75. The number of rotatable bonds is 2. The zero-order chi connectivity index (χ0) is 16.7. The third-order valence-corrected chi connectivity index (χ3v) is 5.82. The first-order valence-electron chi connectivity index (χ1n) is 8.88. The van der Waals surface area contributed by atoms with Crippen molar-refractivity contribution >= 4 is 17.7 Å². The standard InChI is InChI=1S/C19H22N2O3/c22-17(20-10-9-13-5-1-2-6-14(13)11-20)12-21-18(23)15-7-3-4-8-16(15)19(21)24/h3-4,7-8,13-14H,1-2,5-6,9-12H2/t13-,14-/m0/s1. The largest absolute Gasteiger partial charge is 0.341 e. The zero-order valence-electron chi connectivity index (χ0n) is 13.7. The lowest BCUT2D eigenvalue weighted by molar-refractivity contribution is -0.134. The molecule has 1 saturated carbocycles. The number of nitrogens with zero attached hydrogens (tertiary/aromatic N) is 2. The van der Waals surface area contributed by atoms with Crippen LogP contribution in [0, 0.1) is 11.8 Å². The molecule has 5 nitrogen and oxygen atoms in total. The fourth-order valence-electron chi connectivity index (χ4n) is 4.45. The molecule has 1 aromatic rings. The molecule has 1 saturated heterocycles. The van der Waals surface area contributed by atoms with E-state index in [4.69, 9.17) is 0 Å². The van der Waals surface area contributed by atoms with E-state index in [0.29, 0.717) is 17.0 Å². The summed E-state index contributed by atoms with van der Waals surface area (Å²) in [5.41, 5.74) is 0.808. The fraction of sp³-hybridized carbons (Fsp3) is 0.526. The Morgan fingerprint density at radius 2 is 1.58 bits per heavy atom. The Morgan fingerprint density at radius 1 is 0.958 bits per heavy atom. The van der Waals surface area contributed by atoms with Crippen LogP contribution in [0.4, 0.5) is 0 Å². The Kier molecular flexibility index (Phi) is 3.87. The van der Waals surface area contributed by atoms with E-state index in [1.54, 1.807) is 24.3 Å². The van der Waals surface area contributed by atoms with Crippen LogP contribution in [0.15, 0.2) is 24.3 Å². The van der Waals surface area contributed by atoms with E-state index in [1.807, 2.05) is 4.90 Å². The summed E-state index contributed by atoms with van der Waals surface area (Å²) in [6, 6.07) is 6.77. The molecule has 24 heavy (non-hydrogen) atoms. The average Bonchev–Trinajstić information content (AvgIpc) is 2.86. The molecular formula is C19H22N2O3. The monoisotopic (exact) mass is 326 g/mol. The zero-order valence-corrected chi connectivity index (χ0v) is 13.7. The number of fused-ring (bicyclic) bond motifs is 2. The first-order valence-corrected chi connectivity index (χ1v) is 8.88. The van der Waals surface area contributed by atoms with Gasteiger partial charge in [0.05, 0.1) is 11.1 Å². The minimum absolute atomic E-state index is 0.103. The van der Waals surface area contributed by atoms with Crippen molar-refractivity contribution in [1.82, 2.24) is 9.80 Å². The summed E-state index contributed by atoms with van der Waals surface area (Å²) in [7, 11) is 0. The Hall–Kier alpha value is -2.17. The van der Waals surface area contributed by atoms with Crippen LogP contribution < -0.4 is 0 Å². The van der Waals surface area contributed by atoms with Crippen LogP contribution >= 0.6 is 0 Å². The van der Waals surface area contributed by atoms with Crippen molar-refractivity contribution in [2.75, 3.05) is 19.6 Å². The van der Waals surface area contributed by atoms with E-state index in [9.17, 15) is 14.4 Å². The molecule has 0 bridgehead atoms. The van der Waals surface area contributed by atoms with Gasteiger partial charge in [0.15, 0.2) is 0 Å². The third kappa shape index (κ3) is 2.52. The van der Waals surface area contributed by atoms with Crippen LogP contribution in [-0.2, 0) is 4.79 Å². The van der Waals surface area contributed by atoms with Gasteiger partial charge in [-0.15, -0.1) is 0 Å². The van der Waals surface area contributed by atoms with Gasteiger partial charge in [-0.3, -0.25) is 19.3 Å². The minimum atomic E-state index is -0.350. The number of imide groups is 1. The average molecular weight is 326 g/mol. The number of amides is 3. The molecule has 0 unspecified atom stereocenters. The molecule has 1 aliphatic carbocycles. The second kappa shape index (κ2) is 6.04. The maximum Gasteiger partial charge on any atom is 0.262 e. The van der Waals surface area contributed by atoms with Crippen molar-refractivity contribution in [3.8, 4) is 0 Å². The van der Waals surface area contributed by atoms with Crippen LogP contribution in [0.5, 0.6) is 0 Å². The molecule has 0 aromatic heterocycles. The van der Waals surface area contributed by atoms with Crippen LogP contribution in [0.1, 0.15) is 52.8 Å². The summed E-state index contributed by atoms with van der Waals surface area (Å²) in [5, 5.41) is 0. The second-order valence-corrected chi connectivity index (χ2v) is 7.18. The minimum Gasteiger partial charge on any atom is -0.341 e. The number of carbonyl (C=O) groups excluding carboxylic acids is 3. The second-order valence-electron chi connectivity index (χ2n) is 7.18. The lowest BCUT2D eigenvalue weighted by Crippen LogP contribution is -2.49. The van der Waals surface area contributed by atoms with Gasteiger partial charge in [0.25, 0.3) is 11.8 Å². The molecule has 2 fully saturated rings. The molecule has 0 spiro atoms. The van der Waals surface area contributed by atoms with Crippen LogP contribution in [0.2, 0.25) is 0 Å². The molecule has 2 heterocycles. The molecule has 5 heteroatoms. The normalized spacial score (nSPS) is 26.3. The molecule has 1 aromatic carbocycles. The Balaban J connectivity index is 1.44. The first kappa shape index (κ1) is 15.4. The summed E-state index contributed by atoms with van der Waals surface area (Å²) >= 11 is 0. The van der Waals surface area contributed by atoms with Crippen LogP contribution in [-0.4, -0.2) is 47.2 Å². The van der Waals surface area contributed by atoms with Crippen molar-refractivity contribution in [3.05, 3.63) is 35.4 Å². The van der Waals surface area contributed by atoms with Gasteiger partial charge in [0.2, 0.25) is 5.91 Å². The van der Waals surface area contributed by atoms with Crippen molar-refractivity contribution in [3.63, 3.8) is 0 Å². The SMILES string of the molecule is O=C(CN1C(=O)c2ccccc2C1=O)N1CC[C@@H]2CCCC[C@H]2C1. The van der Waals surface area contributed by atoms with E-state index < -0.39 is 0 Å². The van der Waals surface area contributed by atoms with Gasteiger partial charge in [0, 0.05) is 13.1 Å². The quantitative estimate of drug-likeness (QED) is 0.784. The summed E-state index contributed by atoms with van der Waals surface area (Å²) in [5.74, 6) is 0.544. The molecular weight excluding hydrogens is 304 g/mol. The number of hydrogen-bond acceptors (Lipinski definition) is 3. The maximum atomic E-state index is 12.7. The van der Waals surface area contributed by atoms with Gasteiger partial charge in [0.1, 0.15) is 6.54 Å². The molecule has 0 radical (unpaired) electrons. The van der Waals surface area contributed by atoms with Gasteiger partial charge in [-0.1, -0.05) is 31.4 Å². The molecule has 0 N–H and O–H groups in total. The van der Waals surface area contributed by atoms with Crippen molar-refractivity contribution in [2.45, 2.75) is 32.1 Å². The van der Waals surface area contributed by atoms with Crippen molar-refractivity contribution in [2.24, 2.45) is 11.8 Å². The predicted octanol–water partition coefficient (Wildman–Crippen LogP) is 2.32. The topological polar surface area (TPSA) is 57.7 Å². The number of likely N-dealkylation sites (tertiary alicyclic amines) is 1. The maximum absolute atomic E-state index is 12.7. The highest BCUT2D eigenvalue weighted by atomic mass is 16.2. The van der Waals surface area contributed by atoms with Gasteiger partial charge < -0.3 is 4.90 Å². The summed E-state index contributed by atoms with van der Waals surface area (Å²) < 4.78 is 0. The van der Waals surface area contributed by atoms with Crippen LogP contribution in [0.25, 0.3) is 0 Å². The van der Waals surface area contributed by atoms with E-state index in [-0.39, 0.29) is 24.3 Å². The Morgan fingerprint density at radius 3 is 2.25 bits per heavy atom. The molecule has 2 atom stereocenters. The third-order valence-electron chi connectivity index (χ3n) is 5.82. The number of carbonyl (C=O) groups is 3. The number of piperidine rings is 1.